The van der Waals surface area contributed by atoms with Crippen molar-refractivity contribution < 1.29 is 41.8 Å². The van der Waals surface area contributed by atoms with Crippen molar-refractivity contribution in [1.29, 1.82) is 0 Å². The van der Waals surface area contributed by atoms with E-state index in [2.05, 4.69) is 10.1 Å². The maximum Gasteiger partial charge on any atom is 0.450 e. The minimum absolute atomic E-state index is 0. The number of Topliss-reactive ketones (excluding diaryl/α,β-unsaturated/α-hetero) is 2. The monoisotopic (exact) mass is 433 g/mol. The normalized spacial score (nSPS) is 12.2. The summed E-state index contributed by atoms with van der Waals surface area (Å²) in [5.74, 6) is -3.83. The Labute approximate surface area is 172 Å². The molecule has 1 amide bonds. The fourth-order valence-corrected chi connectivity index (χ4v) is 2.20. The molecule has 1 aromatic carbocycles. The van der Waals surface area contributed by atoms with Crippen LogP contribution in [0, 0.1) is 0 Å². The third-order valence-electron chi connectivity index (χ3n) is 3.53. The number of hydrogen-bond donors (Lipinski definition) is 1. The van der Waals surface area contributed by atoms with Crippen molar-refractivity contribution in [3.8, 4) is 0 Å². The number of nitrogens with one attached hydrogen (secondary N) is 1. The lowest BCUT2D eigenvalue weighted by Gasteiger charge is -2.22. The van der Waals surface area contributed by atoms with E-state index in [1.807, 2.05) is 0 Å². The fourth-order valence-electron chi connectivity index (χ4n) is 2.20. The summed E-state index contributed by atoms with van der Waals surface area (Å²) in [5, 5.41) is 2.38. The fraction of sp³-hybridized carbons (Fsp3) is 0.500. The number of hydrogen-bond acceptors (Lipinski definition) is 6. The van der Waals surface area contributed by atoms with Crippen LogP contribution in [0.5, 0.6) is 0 Å². The zero-order valence-electron chi connectivity index (χ0n) is 16.4. The maximum atomic E-state index is 12.3. The van der Waals surface area contributed by atoms with E-state index < -0.39 is 47.9 Å². The lowest BCUT2D eigenvalue weighted by molar-refractivity contribution is -0.170. The van der Waals surface area contributed by atoms with Crippen molar-refractivity contribution in [3.63, 3.8) is 0 Å². The van der Waals surface area contributed by atoms with Gasteiger partial charge in [0, 0.05) is 12.0 Å². The number of methoxy groups -OCH3 is 1. The number of alkyl halides is 3. The number of carbonyl (C=O) groups excluding carboxylic acids is 4. The largest absolute Gasteiger partial charge is 0.467 e. The molecule has 0 saturated heterocycles. The van der Waals surface area contributed by atoms with Crippen molar-refractivity contribution in [3.05, 3.63) is 35.4 Å². The van der Waals surface area contributed by atoms with Gasteiger partial charge in [0.15, 0.2) is 5.78 Å². The highest BCUT2D eigenvalue weighted by Crippen LogP contribution is 2.19. The average Bonchev–Trinajstić information content (AvgIpc) is 2.58. The van der Waals surface area contributed by atoms with Gasteiger partial charge in [0.25, 0.3) is 0 Å². The highest BCUT2D eigenvalue weighted by molar-refractivity contribution is 6.09. The van der Waals surface area contributed by atoms with Gasteiger partial charge in [0.05, 0.1) is 13.5 Å². The molecule has 1 unspecified atom stereocenters. The first-order chi connectivity index (χ1) is 13.2. The molecule has 10 heteroatoms. The van der Waals surface area contributed by atoms with Gasteiger partial charge in [-0.15, -0.1) is 0 Å². The Balaban J connectivity index is 0.00000841. The number of halogens is 3. The van der Waals surface area contributed by atoms with Crippen LogP contribution in [0.1, 0.15) is 50.5 Å². The first-order valence-corrected chi connectivity index (χ1v) is 8.52. The molecule has 7 nitrogen and oxygen atoms in total. The number of rotatable bonds is 7. The molecule has 0 bridgehead atoms. The van der Waals surface area contributed by atoms with E-state index in [1.165, 1.54) is 24.3 Å². The van der Waals surface area contributed by atoms with Gasteiger partial charge in [-0.2, -0.15) is 13.2 Å². The van der Waals surface area contributed by atoms with E-state index >= 15 is 0 Å². The van der Waals surface area contributed by atoms with E-state index in [0.29, 0.717) is 5.56 Å². The van der Waals surface area contributed by atoms with Gasteiger partial charge in [-0.25, -0.2) is 9.59 Å². The number of benzene rings is 1. The summed E-state index contributed by atoms with van der Waals surface area (Å²) in [4.78, 5) is 46.5. The molecule has 0 spiro atoms. The summed E-state index contributed by atoms with van der Waals surface area (Å²) in [6, 6.07) is 4.20. The molecular formula is C20H26F3NO6. The van der Waals surface area contributed by atoms with Crippen LogP contribution in [0.2, 0.25) is 0 Å². The van der Waals surface area contributed by atoms with Crippen molar-refractivity contribution in [2.24, 2.45) is 0 Å². The molecule has 1 atom stereocenters. The van der Waals surface area contributed by atoms with Crippen LogP contribution in [-0.4, -0.2) is 48.6 Å². The molecule has 0 fully saturated rings. The Hall–Kier alpha value is -2.91. The molecule has 1 aromatic rings. The summed E-state index contributed by atoms with van der Waals surface area (Å²) < 4.78 is 46.5. The smallest absolute Gasteiger partial charge is 0.450 e. The van der Waals surface area contributed by atoms with Crippen molar-refractivity contribution in [2.45, 2.75) is 58.9 Å². The lowest BCUT2D eigenvalue weighted by atomic mass is 10.0. The summed E-state index contributed by atoms with van der Waals surface area (Å²) >= 11 is 0. The summed E-state index contributed by atoms with van der Waals surface area (Å²) in [6.45, 7) is 4.96. The van der Waals surface area contributed by atoms with Gasteiger partial charge in [-0.1, -0.05) is 31.7 Å². The molecule has 0 aliphatic rings. The predicted molar refractivity (Wildman–Crippen MR) is 102 cm³/mol. The quantitative estimate of drug-likeness (QED) is 0.401. The summed E-state index contributed by atoms with van der Waals surface area (Å²) in [5.41, 5.74) is -0.364. The zero-order valence-corrected chi connectivity index (χ0v) is 16.4. The number of esters is 1. The van der Waals surface area contributed by atoms with Gasteiger partial charge in [0.1, 0.15) is 11.6 Å². The lowest BCUT2D eigenvalue weighted by Crippen LogP contribution is -2.45. The van der Waals surface area contributed by atoms with Gasteiger partial charge in [-0.3, -0.25) is 9.59 Å². The molecule has 1 N–H and O–H groups in total. The van der Waals surface area contributed by atoms with Gasteiger partial charge < -0.3 is 14.8 Å². The molecule has 0 saturated carbocycles. The SMILES string of the molecule is C.COC(=O)C(Cc1ccc(C(=O)CC(=O)C(F)(F)F)cc1)NC(=O)OC(C)(C)C. The summed E-state index contributed by atoms with van der Waals surface area (Å²) in [7, 11) is 1.14. The van der Waals surface area contributed by atoms with Crippen LogP contribution in [0.4, 0.5) is 18.0 Å². The molecule has 0 radical (unpaired) electrons. The Bertz CT molecular complexity index is 766. The van der Waals surface area contributed by atoms with Crippen molar-refractivity contribution in [2.75, 3.05) is 7.11 Å². The molecular weight excluding hydrogens is 407 g/mol. The van der Waals surface area contributed by atoms with Gasteiger partial charge >= 0.3 is 18.2 Å². The highest BCUT2D eigenvalue weighted by atomic mass is 19.4. The second-order valence-electron chi connectivity index (χ2n) is 7.14. The second kappa shape index (κ2) is 10.7. The van der Waals surface area contributed by atoms with Crippen LogP contribution in [-0.2, 0) is 25.5 Å². The Morgan fingerprint density at radius 1 is 1.03 bits per heavy atom. The van der Waals surface area contributed by atoms with E-state index in [0.717, 1.165) is 7.11 Å². The Morgan fingerprint density at radius 2 is 1.57 bits per heavy atom. The first kappa shape index (κ1) is 27.1. The number of carbonyl (C=O) groups is 4. The number of amides is 1. The van der Waals surface area contributed by atoms with E-state index in [4.69, 9.17) is 4.74 Å². The first-order valence-electron chi connectivity index (χ1n) is 8.52. The van der Waals surface area contributed by atoms with Crippen LogP contribution in [0.15, 0.2) is 24.3 Å². The Morgan fingerprint density at radius 3 is 2.00 bits per heavy atom. The maximum absolute atomic E-state index is 12.3. The summed E-state index contributed by atoms with van der Waals surface area (Å²) in [6.07, 6.45) is -7.20. The number of alkyl carbamates (subject to hydrolysis) is 1. The molecule has 0 aromatic heterocycles. The van der Waals surface area contributed by atoms with Crippen LogP contribution >= 0.6 is 0 Å². The topological polar surface area (TPSA) is 98.8 Å². The second-order valence-corrected chi connectivity index (χ2v) is 7.14. The third kappa shape index (κ3) is 9.06. The molecule has 0 aliphatic carbocycles. The number of ether oxygens (including phenoxy) is 2. The van der Waals surface area contributed by atoms with Gasteiger partial charge in [-0.05, 0) is 26.3 Å². The van der Waals surface area contributed by atoms with Crippen LogP contribution in [0.3, 0.4) is 0 Å². The predicted octanol–water partition coefficient (Wildman–Crippen LogP) is 3.64. The molecule has 30 heavy (non-hydrogen) atoms. The Kier molecular flexibility index (Phi) is 9.71. The minimum Gasteiger partial charge on any atom is -0.467 e. The molecule has 168 valence electrons. The van der Waals surface area contributed by atoms with Crippen molar-refractivity contribution in [1.82, 2.24) is 5.32 Å². The standard InChI is InChI=1S/C19H22F3NO6.CH4/c1-18(2,3)29-17(27)23-13(16(26)28-4)9-11-5-7-12(8-6-11)14(24)10-15(25)19(20,21)22;/h5-8,13H,9-10H2,1-4H3,(H,23,27);1H4. The van der Waals surface area contributed by atoms with Crippen LogP contribution in [0.25, 0.3) is 0 Å². The molecule has 0 aliphatic heterocycles. The average molecular weight is 433 g/mol. The van der Waals surface area contributed by atoms with E-state index in [9.17, 15) is 32.3 Å². The highest BCUT2D eigenvalue weighted by Gasteiger charge is 2.39. The third-order valence-corrected chi connectivity index (χ3v) is 3.53. The van der Waals surface area contributed by atoms with E-state index in [-0.39, 0.29) is 19.4 Å². The van der Waals surface area contributed by atoms with E-state index in [1.54, 1.807) is 20.8 Å². The van der Waals surface area contributed by atoms with Crippen LogP contribution < -0.4 is 5.32 Å². The number of ketones is 2. The van der Waals surface area contributed by atoms with Gasteiger partial charge in [0.2, 0.25) is 5.78 Å². The zero-order chi connectivity index (χ0) is 22.4. The minimum atomic E-state index is -5.07. The molecule has 0 heterocycles. The molecule has 1 rings (SSSR count). The van der Waals surface area contributed by atoms with Crippen molar-refractivity contribution >= 4 is 23.6 Å².